The number of benzene rings is 1. The molecule has 0 aliphatic carbocycles. The van der Waals surface area contributed by atoms with Gasteiger partial charge >= 0.3 is 0 Å². The molecule has 2 nitrogen and oxygen atoms in total. The summed E-state index contributed by atoms with van der Waals surface area (Å²) in [6.07, 6.45) is 2.38. The van der Waals surface area contributed by atoms with Crippen molar-refractivity contribution in [1.82, 2.24) is 4.90 Å². The zero-order valence-electron chi connectivity index (χ0n) is 10.9. The monoisotopic (exact) mass is 270 g/mol. The van der Waals surface area contributed by atoms with Gasteiger partial charge in [0.2, 0.25) is 0 Å². The summed E-state index contributed by atoms with van der Waals surface area (Å²) in [5, 5.41) is 3.80. The summed E-state index contributed by atoms with van der Waals surface area (Å²) in [6.45, 7) is 4.44. The number of likely N-dealkylation sites (tertiary alicyclic amines) is 1. The van der Waals surface area contributed by atoms with Gasteiger partial charge in [0.15, 0.2) is 0 Å². The predicted octanol–water partition coefficient (Wildman–Crippen LogP) is 3.62. The van der Waals surface area contributed by atoms with E-state index in [2.05, 4.69) is 24.2 Å². The second-order valence-electron chi connectivity index (χ2n) is 5.23. The minimum atomic E-state index is -0.291. The number of hydrogen-bond donors (Lipinski definition) is 1. The molecular weight excluding hydrogens is 251 g/mol. The molecule has 1 fully saturated rings. The second-order valence-corrected chi connectivity index (χ2v) is 5.67. The van der Waals surface area contributed by atoms with E-state index < -0.39 is 0 Å². The third kappa shape index (κ3) is 3.59. The highest BCUT2D eigenvalue weighted by Gasteiger charge is 2.22. The summed E-state index contributed by atoms with van der Waals surface area (Å²) in [5.74, 6) is 0.351. The van der Waals surface area contributed by atoms with E-state index in [9.17, 15) is 4.39 Å². The van der Waals surface area contributed by atoms with Gasteiger partial charge in [0, 0.05) is 16.8 Å². The minimum Gasteiger partial charge on any atom is -0.382 e. The average Bonchev–Trinajstić information content (AvgIpc) is 2.28. The van der Waals surface area contributed by atoms with E-state index in [1.807, 2.05) is 0 Å². The zero-order chi connectivity index (χ0) is 13.1. The van der Waals surface area contributed by atoms with Crippen molar-refractivity contribution in [2.75, 3.05) is 25.5 Å². The molecule has 0 bridgehead atoms. The highest BCUT2D eigenvalue weighted by molar-refractivity contribution is 6.30. The van der Waals surface area contributed by atoms with Gasteiger partial charge < -0.3 is 10.2 Å². The Labute approximate surface area is 113 Å². The molecule has 1 atom stereocenters. The van der Waals surface area contributed by atoms with Gasteiger partial charge in [-0.25, -0.2) is 4.39 Å². The van der Waals surface area contributed by atoms with Crippen LogP contribution in [0.1, 0.15) is 19.8 Å². The van der Waals surface area contributed by atoms with Crippen LogP contribution in [0, 0.1) is 11.7 Å². The predicted molar refractivity (Wildman–Crippen MR) is 74.7 cm³/mol. The molecule has 0 spiro atoms. The first-order valence-corrected chi connectivity index (χ1v) is 6.83. The van der Waals surface area contributed by atoms with Crippen molar-refractivity contribution in [2.45, 2.75) is 25.8 Å². The Morgan fingerprint density at radius 3 is 2.61 bits per heavy atom. The lowest BCUT2D eigenvalue weighted by atomic mass is 9.90. The van der Waals surface area contributed by atoms with Crippen LogP contribution in [0.4, 0.5) is 10.1 Å². The molecular formula is C14H20ClFN2. The fourth-order valence-corrected chi connectivity index (χ4v) is 2.77. The maximum absolute atomic E-state index is 13.2. The Balaban J connectivity index is 1.96. The molecule has 1 saturated heterocycles. The van der Waals surface area contributed by atoms with Crippen LogP contribution in [-0.2, 0) is 0 Å². The Morgan fingerprint density at radius 2 is 2.00 bits per heavy atom. The van der Waals surface area contributed by atoms with Crippen LogP contribution in [0.15, 0.2) is 18.2 Å². The van der Waals surface area contributed by atoms with E-state index in [0.29, 0.717) is 17.0 Å². The second kappa shape index (κ2) is 5.89. The van der Waals surface area contributed by atoms with Gasteiger partial charge in [-0.15, -0.1) is 0 Å². The molecule has 1 N–H and O–H groups in total. The molecule has 4 heteroatoms. The molecule has 0 amide bonds. The van der Waals surface area contributed by atoms with Gasteiger partial charge in [-0.05, 0) is 64.0 Å². The van der Waals surface area contributed by atoms with Gasteiger partial charge in [0.1, 0.15) is 5.82 Å². The first kappa shape index (κ1) is 13.6. The Hall–Kier alpha value is -0.800. The summed E-state index contributed by atoms with van der Waals surface area (Å²) in [5.41, 5.74) is 0.770. The van der Waals surface area contributed by atoms with Crippen molar-refractivity contribution in [1.29, 1.82) is 0 Å². The highest BCUT2D eigenvalue weighted by atomic mass is 35.5. The quantitative estimate of drug-likeness (QED) is 0.902. The van der Waals surface area contributed by atoms with E-state index in [-0.39, 0.29) is 5.82 Å². The van der Waals surface area contributed by atoms with Gasteiger partial charge in [-0.2, -0.15) is 0 Å². The standard InChI is InChI=1S/C14H20ClFN2/c1-10(11-3-5-18(2)6-4-11)17-14-8-12(15)7-13(16)9-14/h7-11,17H,3-6H2,1-2H3. The van der Waals surface area contributed by atoms with E-state index in [4.69, 9.17) is 11.6 Å². The summed E-state index contributed by atoms with van der Waals surface area (Å²) < 4.78 is 13.2. The summed E-state index contributed by atoms with van der Waals surface area (Å²) in [7, 11) is 2.15. The van der Waals surface area contributed by atoms with Crippen molar-refractivity contribution >= 4 is 17.3 Å². The van der Waals surface area contributed by atoms with E-state index in [1.165, 1.54) is 25.0 Å². The topological polar surface area (TPSA) is 15.3 Å². The Morgan fingerprint density at radius 1 is 1.33 bits per heavy atom. The molecule has 1 aliphatic rings. The Bertz CT molecular complexity index is 383. The van der Waals surface area contributed by atoms with Crippen LogP contribution >= 0.6 is 11.6 Å². The summed E-state index contributed by atoms with van der Waals surface area (Å²) in [4.78, 5) is 2.35. The molecule has 0 saturated carbocycles. The fourth-order valence-electron chi connectivity index (χ4n) is 2.55. The molecule has 1 aromatic carbocycles. The molecule has 1 heterocycles. The zero-order valence-corrected chi connectivity index (χ0v) is 11.7. The van der Waals surface area contributed by atoms with Crippen LogP contribution in [0.25, 0.3) is 0 Å². The van der Waals surface area contributed by atoms with Gasteiger partial charge in [0.25, 0.3) is 0 Å². The molecule has 100 valence electrons. The van der Waals surface area contributed by atoms with Crippen molar-refractivity contribution in [3.63, 3.8) is 0 Å². The number of piperidine rings is 1. The van der Waals surface area contributed by atoms with Crippen molar-refractivity contribution in [3.05, 3.63) is 29.0 Å². The van der Waals surface area contributed by atoms with Crippen LogP contribution in [0.3, 0.4) is 0 Å². The van der Waals surface area contributed by atoms with E-state index in [0.717, 1.165) is 18.8 Å². The molecule has 1 aliphatic heterocycles. The first-order valence-electron chi connectivity index (χ1n) is 6.46. The molecule has 18 heavy (non-hydrogen) atoms. The molecule has 1 unspecified atom stereocenters. The summed E-state index contributed by atoms with van der Waals surface area (Å²) >= 11 is 5.85. The first-order chi connectivity index (χ1) is 8.54. The lowest BCUT2D eigenvalue weighted by molar-refractivity contribution is 0.208. The lowest BCUT2D eigenvalue weighted by Gasteiger charge is -2.33. The lowest BCUT2D eigenvalue weighted by Crippen LogP contribution is -2.37. The SMILES string of the molecule is CC(Nc1cc(F)cc(Cl)c1)C1CCN(C)CC1. The number of hydrogen-bond acceptors (Lipinski definition) is 2. The summed E-state index contributed by atoms with van der Waals surface area (Å²) in [6, 6.07) is 4.94. The minimum absolute atomic E-state index is 0.291. The average molecular weight is 271 g/mol. The molecule has 0 aromatic heterocycles. The third-order valence-corrected chi connectivity index (χ3v) is 3.95. The van der Waals surface area contributed by atoms with Crippen LogP contribution in [-0.4, -0.2) is 31.1 Å². The maximum Gasteiger partial charge on any atom is 0.126 e. The highest BCUT2D eigenvalue weighted by Crippen LogP contribution is 2.24. The van der Waals surface area contributed by atoms with Crippen molar-refractivity contribution in [2.24, 2.45) is 5.92 Å². The smallest absolute Gasteiger partial charge is 0.126 e. The van der Waals surface area contributed by atoms with E-state index in [1.54, 1.807) is 6.07 Å². The number of halogens is 2. The Kier molecular flexibility index (Phi) is 4.46. The van der Waals surface area contributed by atoms with Crippen LogP contribution in [0.2, 0.25) is 5.02 Å². The van der Waals surface area contributed by atoms with Crippen LogP contribution in [0.5, 0.6) is 0 Å². The maximum atomic E-state index is 13.2. The number of nitrogens with one attached hydrogen (secondary N) is 1. The largest absolute Gasteiger partial charge is 0.382 e. The fraction of sp³-hybridized carbons (Fsp3) is 0.571. The number of rotatable bonds is 3. The number of anilines is 1. The van der Waals surface area contributed by atoms with Gasteiger partial charge in [0.05, 0.1) is 0 Å². The third-order valence-electron chi connectivity index (χ3n) is 3.73. The number of nitrogens with zero attached hydrogens (tertiary/aromatic N) is 1. The van der Waals surface area contributed by atoms with Crippen molar-refractivity contribution in [3.8, 4) is 0 Å². The van der Waals surface area contributed by atoms with Gasteiger partial charge in [-0.1, -0.05) is 11.6 Å². The van der Waals surface area contributed by atoms with Crippen molar-refractivity contribution < 1.29 is 4.39 Å². The van der Waals surface area contributed by atoms with Crippen LogP contribution < -0.4 is 5.32 Å². The normalized spacial score (nSPS) is 19.8. The molecule has 2 rings (SSSR count). The van der Waals surface area contributed by atoms with Gasteiger partial charge in [-0.3, -0.25) is 0 Å². The van der Waals surface area contributed by atoms with E-state index >= 15 is 0 Å². The molecule has 1 aromatic rings. The molecule has 0 radical (unpaired) electrons.